The normalized spacial score (nSPS) is 22.8. The van der Waals surface area contributed by atoms with Crippen LogP contribution in [0.25, 0.3) is 0 Å². The van der Waals surface area contributed by atoms with E-state index < -0.39 is 0 Å². The van der Waals surface area contributed by atoms with Crippen LogP contribution in [-0.2, 0) is 16.1 Å². The Labute approximate surface area is 181 Å². The van der Waals surface area contributed by atoms with Crippen molar-refractivity contribution in [3.63, 3.8) is 0 Å². The minimum Gasteiger partial charge on any atom is -0.370 e. The molecule has 1 unspecified atom stereocenters. The first-order chi connectivity index (χ1) is 14.3. The molecule has 168 valence electrons. The van der Waals surface area contributed by atoms with Crippen LogP contribution in [0.5, 0.6) is 0 Å². The maximum absolute atomic E-state index is 13.5. The number of likely N-dealkylation sites (tertiary alicyclic amines) is 1. The summed E-state index contributed by atoms with van der Waals surface area (Å²) in [5.74, 6) is 0.373. The van der Waals surface area contributed by atoms with Gasteiger partial charge in [-0.3, -0.25) is 9.69 Å². The molecule has 2 aliphatic rings. The summed E-state index contributed by atoms with van der Waals surface area (Å²) in [5.41, 5.74) is 0.831. The summed E-state index contributed by atoms with van der Waals surface area (Å²) < 4.78 is 19.8. The number of benzene rings is 1. The van der Waals surface area contributed by atoms with Gasteiger partial charge in [-0.05, 0) is 63.4 Å². The third kappa shape index (κ3) is 6.50. The monoisotopic (exact) mass is 419 g/mol. The summed E-state index contributed by atoms with van der Waals surface area (Å²) in [5, 5.41) is 0. The molecule has 0 radical (unpaired) electrons. The van der Waals surface area contributed by atoms with Crippen LogP contribution in [0.1, 0.15) is 46.1 Å². The van der Waals surface area contributed by atoms with Gasteiger partial charge in [-0.2, -0.15) is 0 Å². The SMILES string of the molecule is CC(C)CN1CC(OCc2cccc(F)c2)CN(C2CCN(C(C)C)CC2)CC1=O. The highest BCUT2D eigenvalue weighted by molar-refractivity contribution is 5.78. The molecule has 2 saturated heterocycles. The molecule has 3 rings (SSSR count). The molecule has 0 spiro atoms. The van der Waals surface area contributed by atoms with Crippen LogP contribution < -0.4 is 0 Å². The summed E-state index contributed by atoms with van der Waals surface area (Å²) >= 11 is 0. The Morgan fingerprint density at radius 2 is 1.87 bits per heavy atom. The summed E-state index contributed by atoms with van der Waals surface area (Å²) in [6, 6.07) is 7.56. The van der Waals surface area contributed by atoms with Crippen molar-refractivity contribution >= 4 is 5.91 Å². The van der Waals surface area contributed by atoms with E-state index in [1.807, 2.05) is 11.0 Å². The smallest absolute Gasteiger partial charge is 0.236 e. The van der Waals surface area contributed by atoms with Gasteiger partial charge in [-0.1, -0.05) is 26.0 Å². The van der Waals surface area contributed by atoms with E-state index in [1.54, 1.807) is 6.07 Å². The minimum atomic E-state index is -0.243. The van der Waals surface area contributed by atoms with Crippen LogP contribution in [0, 0.1) is 11.7 Å². The molecule has 1 amide bonds. The van der Waals surface area contributed by atoms with Crippen molar-refractivity contribution in [1.29, 1.82) is 0 Å². The van der Waals surface area contributed by atoms with E-state index in [2.05, 4.69) is 37.5 Å². The topological polar surface area (TPSA) is 36.0 Å². The first-order valence-electron chi connectivity index (χ1n) is 11.4. The zero-order chi connectivity index (χ0) is 21.7. The lowest BCUT2D eigenvalue weighted by Crippen LogP contribution is -2.49. The van der Waals surface area contributed by atoms with Crippen molar-refractivity contribution < 1.29 is 13.9 Å². The Bertz CT molecular complexity index is 689. The fraction of sp³-hybridized carbons (Fsp3) is 0.708. The molecule has 1 aromatic rings. The van der Waals surface area contributed by atoms with Crippen LogP contribution in [0.15, 0.2) is 24.3 Å². The summed E-state index contributed by atoms with van der Waals surface area (Å²) in [6.45, 7) is 13.9. The lowest BCUT2D eigenvalue weighted by atomic mass is 10.0. The molecule has 1 atom stereocenters. The molecule has 2 heterocycles. The molecule has 0 aliphatic carbocycles. The van der Waals surface area contributed by atoms with E-state index in [9.17, 15) is 9.18 Å². The third-order valence-corrected chi connectivity index (χ3v) is 6.26. The Balaban J connectivity index is 1.67. The molecule has 0 N–H and O–H groups in total. The first-order valence-corrected chi connectivity index (χ1v) is 11.4. The van der Waals surface area contributed by atoms with Crippen LogP contribution >= 0.6 is 0 Å². The van der Waals surface area contributed by atoms with Crippen molar-refractivity contribution in [2.24, 2.45) is 5.92 Å². The Morgan fingerprint density at radius 1 is 1.13 bits per heavy atom. The van der Waals surface area contributed by atoms with Gasteiger partial charge in [-0.25, -0.2) is 4.39 Å². The molecular formula is C24H38FN3O2. The number of halogens is 1. The molecule has 0 bridgehead atoms. The fourth-order valence-corrected chi connectivity index (χ4v) is 4.61. The van der Waals surface area contributed by atoms with Crippen LogP contribution in [0.3, 0.4) is 0 Å². The quantitative estimate of drug-likeness (QED) is 0.679. The molecule has 0 saturated carbocycles. The van der Waals surface area contributed by atoms with Crippen LogP contribution in [0.4, 0.5) is 4.39 Å². The molecule has 2 fully saturated rings. The van der Waals surface area contributed by atoms with E-state index in [1.165, 1.54) is 12.1 Å². The zero-order valence-electron chi connectivity index (χ0n) is 19.0. The Kier molecular flexibility index (Phi) is 8.26. The largest absolute Gasteiger partial charge is 0.370 e. The highest BCUT2D eigenvalue weighted by Gasteiger charge is 2.34. The van der Waals surface area contributed by atoms with Gasteiger partial charge in [0, 0.05) is 31.7 Å². The second-order valence-corrected chi connectivity index (χ2v) is 9.55. The van der Waals surface area contributed by atoms with Gasteiger partial charge in [0.05, 0.1) is 19.3 Å². The van der Waals surface area contributed by atoms with Gasteiger partial charge in [-0.15, -0.1) is 0 Å². The second-order valence-electron chi connectivity index (χ2n) is 9.55. The summed E-state index contributed by atoms with van der Waals surface area (Å²) in [6.07, 6.45) is 2.11. The van der Waals surface area contributed by atoms with Crippen molar-refractivity contribution in [3.05, 3.63) is 35.6 Å². The van der Waals surface area contributed by atoms with Gasteiger partial charge in [0.15, 0.2) is 0 Å². The van der Waals surface area contributed by atoms with E-state index >= 15 is 0 Å². The molecule has 6 heteroatoms. The standard InChI is InChI=1S/C24H38FN3O2/c1-18(2)13-28-15-23(30-17-20-6-5-7-21(25)12-20)14-27(16-24(28)29)22-8-10-26(11-9-22)19(3)4/h5-7,12,18-19,22-23H,8-11,13-17H2,1-4H3. The highest BCUT2D eigenvalue weighted by Crippen LogP contribution is 2.22. The van der Waals surface area contributed by atoms with Crippen molar-refractivity contribution in [2.75, 3.05) is 39.3 Å². The van der Waals surface area contributed by atoms with E-state index in [0.29, 0.717) is 37.7 Å². The molecule has 1 aromatic carbocycles. The fourth-order valence-electron chi connectivity index (χ4n) is 4.61. The van der Waals surface area contributed by atoms with Crippen molar-refractivity contribution in [1.82, 2.24) is 14.7 Å². The average molecular weight is 420 g/mol. The first kappa shape index (κ1) is 23.2. The number of rotatable bonds is 7. The molecule has 30 heavy (non-hydrogen) atoms. The lowest BCUT2D eigenvalue weighted by molar-refractivity contribution is -0.132. The van der Waals surface area contributed by atoms with Gasteiger partial charge < -0.3 is 14.5 Å². The molecular weight excluding hydrogens is 381 g/mol. The van der Waals surface area contributed by atoms with Crippen LogP contribution in [-0.4, -0.2) is 78.1 Å². The molecule has 5 nitrogen and oxygen atoms in total. The van der Waals surface area contributed by atoms with Crippen molar-refractivity contribution in [2.45, 2.75) is 65.3 Å². The maximum Gasteiger partial charge on any atom is 0.236 e. The number of ether oxygens (including phenoxy) is 1. The van der Waals surface area contributed by atoms with E-state index in [4.69, 9.17) is 4.74 Å². The average Bonchev–Trinajstić information content (AvgIpc) is 2.85. The van der Waals surface area contributed by atoms with Crippen LogP contribution in [0.2, 0.25) is 0 Å². The number of amides is 1. The zero-order valence-corrected chi connectivity index (χ0v) is 19.0. The number of carbonyl (C=O) groups excluding carboxylic acids is 1. The van der Waals surface area contributed by atoms with E-state index in [0.717, 1.165) is 44.6 Å². The maximum atomic E-state index is 13.5. The number of hydrogen-bond donors (Lipinski definition) is 0. The van der Waals surface area contributed by atoms with E-state index in [-0.39, 0.29) is 17.8 Å². The van der Waals surface area contributed by atoms with Gasteiger partial charge in [0.25, 0.3) is 0 Å². The summed E-state index contributed by atoms with van der Waals surface area (Å²) in [4.78, 5) is 19.8. The minimum absolute atomic E-state index is 0.0680. The number of hydrogen-bond acceptors (Lipinski definition) is 4. The van der Waals surface area contributed by atoms with Gasteiger partial charge in [0.2, 0.25) is 5.91 Å². The molecule has 2 aliphatic heterocycles. The Morgan fingerprint density at radius 3 is 2.50 bits per heavy atom. The van der Waals surface area contributed by atoms with Crippen molar-refractivity contribution in [3.8, 4) is 0 Å². The Hall–Kier alpha value is -1.50. The number of carbonyl (C=O) groups is 1. The summed E-state index contributed by atoms with van der Waals surface area (Å²) in [7, 11) is 0. The van der Waals surface area contributed by atoms with Gasteiger partial charge in [0.1, 0.15) is 5.82 Å². The lowest BCUT2D eigenvalue weighted by Gasteiger charge is -2.39. The third-order valence-electron chi connectivity index (χ3n) is 6.26. The predicted molar refractivity (Wildman–Crippen MR) is 118 cm³/mol. The highest BCUT2D eigenvalue weighted by atomic mass is 19.1. The van der Waals surface area contributed by atoms with Gasteiger partial charge >= 0.3 is 0 Å². The predicted octanol–water partition coefficient (Wildman–Crippen LogP) is 3.38. The number of piperidine rings is 1. The second kappa shape index (κ2) is 10.7. The molecule has 0 aromatic heterocycles. The number of nitrogens with zero attached hydrogens (tertiary/aromatic N) is 3.